The normalized spacial score (nSPS) is 21.0. The molecule has 1 unspecified atom stereocenters. The maximum atomic E-state index is 14.8. The average molecular weight is 2110 g/mol. The Morgan fingerprint density at radius 2 is 0.883 bits per heavy atom. The van der Waals surface area contributed by atoms with E-state index in [4.69, 9.17) is 23.1 Å². The van der Waals surface area contributed by atoms with Crippen LogP contribution in [0, 0.1) is 40.9 Å². The van der Waals surface area contributed by atoms with Gasteiger partial charge in [-0.05, 0) is 175 Å². The van der Waals surface area contributed by atoms with Crippen molar-refractivity contribution in [1.29, 1.82) is 0 Å². The van der Waals surface area contributed by atoms with Gasteiger partial charge in [0.15, 0.2) is 0 Å². The number of likely N-dealkylation sites (tertiary alicyclic amines) is 3. The Labute approximate surface area is 807 Å². The van der Waals surface area contributed by atoms with Crippen molar-refractivity contribution in [3.63, 3.8) is 0 Å². The van der Waals surface area contributed by atoms with E-state index in [2.05, 4.69) is 155 Å². The number of nitrogens with zero attached hydrogens (tertiary/aromatic N) is 13. The molecule has 128 heavy (non-hydrogen) atoms. The van der Waals surface area contributed by atoms with Crippen molar-refractivity contribution in [2.45, 2.75) is 290 Å². The van der Waals surface area contributed by atoms with Gasteiger partial charge in [0.2, 0.25) is 53.2 Å². The number of hydrogen-bond acceptors (Lipinski definition) is 18. The van der Waals surface area contributed by atoms with E-state index in [1.54, 1.807) is 87.2 Å². The van der Waals surface area contributed by atoms with Crippen LogP contribution in [0.2, 0.25) is 0 Å². The summed E-state index contributed by atoms with van der Waals surface area (Å²) in [5, 5.41) is 46.3. The predicted octanol–water partition coefficient (Wildman–Crippen LogP) is 10.9. The van der Waals surface area contributed by atoms with Gasteiger partial charge in [-0.25, -0.2) is 14.2 Å². The summed E-state index contributed by atoms with van der Waals surface area (Å²) in [5.41, 5.74) is 14.3. The number of azide groups is 1. The van der Waals surface area contributed by atoms with Crippen LogP contribution in [-0.2, 0) is 102 Å². The number of aryl methyl sites for hydroxylation is 3. The molecular weight excluding hydrogens is 1980 g/mol. The van der Waals surface area contributed by atoms with E-state index in [1.807, 2.05) is 105 Å². The molecule has 3 saturated heterocycles. The van der Waals surface area contributed by atoms with Gasteiger partial charge in [0.05, 0.1) is 66.1 Å². The van der Waals surface area contributed by atoms with Crippen molar-refractivity contribution in [3.05, 3.63) is 140 Å². The number of nitrogens with one attached hydrogen (secondary N) is 8. The number of amides is 10. The Morgan fingerprint density at radius 1 is 0.555 bits per heavy atom. The van der Waals surface area contributed by atoms with Crippen LogP contribution in [0.3, 0.4) is 0 Å². The molecular formula is C90H129Cl2I2N21O11V2. The third-order valence-corrected chi connectivity index (χ3v) is 23.8. The fraction of sp³-hybridized carbons (Fsp3) is 0.600. The second kappa shape index (κ2) is 50.0. The Bertz CT molecular complexity index is 4570. The minimum atomic E-state index is -1.02. The van der Waals surface area contributed by atoms with Crippen LogP contribution in [0.15, 0.2) is 90.3 Å². The molecule has 698 valence electrons. The second-order valence-electron chi connectivity index (χ2n) is 37.3. The summed E-state index contributed by atoms with van der Waals surface area (Å²) in [4.78, 5) is 147. The predicted molar refractivity (Wildman–Crippen MR) is 504 cm³/mol. The first-order chi connectivity index (χ1) is 59.0. The zero-order valence-corrected chi connectivity index (χ0v) is 85.4. The molecule has 0 saturated carbocycles. The van der Waals surface area contributed by atoms with Crippen molar-refractivity contribution < 1.29 is 80.7 Å². The van der Waals surface area contributed by atoms with Gasteiger partial charge in [-0.1, -0.05) is 162 Å². The molecule has 5 aromatic rings. The maximum Gasteiger partial charge on any atom is 0 e. The Hall–Kier alpha value is -8.00. The number of benzene rings is 3. The number of carbonyl (C=O) groups excluding carboxylic acids is 10. The molecule has 1 radical (unpaired) electrons. The average Bonchev–Trinajstić information content (AvgIpc) is 1.63. The van der Waals surface area contributed by atoms with Crippen LogP contribution >= 0.6 is 64.8 Å². The standard InChI is InChI=1S/C55H78N14O6.C30H45N7O5.C5H4.2ClH.2HI.2V/c1-32(56-9)48(70)60-46(54(3,4)5)52(74)66-30-38(26-44(66)50(72)58-42-23-15-19-34-17-11-13-21-40(34)42)68-28-36(62-64-68)25-37-29-69(65-63-37)39-27-45(51(73)59-43-24-16-20-35-18-12-14-22-41(35)43)67(31-39)53(75)47(55(6,7)8)61-49(71)33(2)57-10;1-18(36(8)28(41)42-30(5,6)7)25(38)33-24(29(2,3)4)27(40)37-17-20(34-35-31)16-23(37)26(39)32-22-15-11-13-19-12-9-10-14-21(19)22;1-3-5-4-2;;;;;;/h11-14,17-18,21-22,28-29,32-33,38-39,42-47,56-57H,15-16,19-20,23-27,30-31H2,1-10H3,(H,58,72)(H,59,73)(H,60,70)(H,61,71);9-10,12,14,18,20,22-24H,11,13,15-17H2,1-8H3,(H,32,39)(H,33,38);1-2H,5H2;4*1H;;/q;;;;;;;;+2/p-2/t32-,33-,38-,39-,42+,43+,44-,45?,46+,47+;18-,20-,22+,23-,24+;;;;;;;/m00......./s1. The van der Waals surface area contributed by atoms with Crippen LogP contribution in [0.1, 0.15) is 243 Å². The first kappa shape index (κ1) is 111. The van der Waals surface area contributed by atoms with E-state index in [9.17, 15) is 47.9 Å². The monoisotopic (exact) mass is 2110 g/mol. The number of aromatic nitrogens is 6. The fourth-order valence-electron chi connectivity index (χ4n) is 16.5. The van der Waals surface area contributed by atoms with E-state index < -0.39 is 112 Å². The summed E-state index contributed by atoms with van der Waals surface area (Å²) in [6.45, 7) is 27.4. The first-order valence-corrected chi connectivity index (χ1v) is 51.9. The molecule has 0 spiro atoms. The summed E-state index contributed by atoms with van der Waals surface area (Å²) in [7, 11) is 5.45. The summed E-state index contributed by atoms with van der Waals surface area (Å²) in [5.74, 6) is 1.38. The molecule has 3 aromatic carbocycles. The van der Waals surface area contributed by atoms with Gasteiger partial charge in [-0.15, -0.1) is 47.9 Å². The summed E-state index contributed by atoms with van der Waals surface area (Å²) < 4.78 is 8.78. The quantitative estimate of drug-likeness (QED) is 0.00990. The van der Waals surface area contributed by atoms with Gasteiger partial charge in [-0.2, -0.15) is 0 Å². The molecule has 11 rings (SSSR count). The Kier molecular flexibility index (Phi) is 43.2. The SMILES string of the molecule is C#CCC#C.CN[C@@H](C)C(=O)N[C@H](C(=O)N1C[C@@H](n2cc(Cc3cn([C@H]4C[C@@H](C(=O)N[C@@H]5CCCc6ccccc65)N(C(=O)[C@@H](NC(=O)[C@H](C)NC)C(C)(C)C)C4)nn3)nn2)CC1C(=O)N[C@@H]1CCCc2ccccc21)C(C)(C)C.C[C@@H](C(=O)N[C@H](C(=O)N1C[C@@H](N=[N+]=[N-])C[C@H]1C(=O)N[C@@H]1CCCc2ccccc21)C(C)(C)C)N(C)C(=O)OC(C)(C)C.Cl.Cl.[I][V][I].[V]. The number of hydrogen-bond donors (Lipinski definition) is 8. The molecule has 6 aliphatic rings. The number of carbonyl (C=O) groups is 10. The molecule has 32 nitrogen and oxygen atoms in total. The van der Waals surface area contributed by atoms with Crippen molar-refractivity contribution in [1.82, 2.24) is 92.1 Å². The van der Waals surface area contributed by atoms with Crippen molar-refractivity contribution >= 4 is 124 Å². The largest absolute Gasteiger partial charge is 0 e. The van der Waals surface area contributed by atoms with E-state index in [1.165, 1.54) is 33.5 Å². The van der Waals surface area contributed by atoms with E-state index in [0.717, 1.165) is 74.5 Å². The van der Waals surface area contributed by atoms with Crippen LogP contribution in [-0.4, -0.2) is 216 Å². The Morgan fingerprint density at radius 3 is 1.20 bits per heavy atom. The third kappa shape index (κ3) is 29.8. The Balaban J connectivity index is 0.000000464. The van der Waals surface area contributed by atoms with Gasteiger partial charge in [0.1, 0.15) is 47.9 Å². The topological polar surface area (TPSA) is 399 Å². The maximum absolute atomic E-state index is 14.8. The second-order valence-corrected chi connectivity index (χ2v) is 49.1. The number of likely N-dealkylation sites (N-methyl/N-ethyl adjacent to an activating group) is 3. The minimum Gasteiger partial charge on any atom is 0 e. The van der Waals surface area contributed by atoms with Crippen LogP contribution in [0.5, 0.6) is 0 Å². The number of ether oxygens (including phenoxy) is 1. The van der Waals surface area contributed by atoms with Gasteiger partial charge >= 0.3 is 55.5 Å². The summed E-state index contributed by atoms with van der Waals surface area (Å²) in [6, 6.07) is 14.9. The molecule has 10 amide bonds. The fourth-order valence-corrected chi connectivity index (χ4v) is 16.5. The van der Waals surface area contributed by atoms with E-state index in [-0.39, 0.29) is 148 Å². The zero-order valence-electron chi connectivity index (χ0n) is 76.7. The molecule has 3 fully saturated rings. The van der Waals surface area contributed by atoms with Crippen LogP contribution < -0.4 is 42.5 Å². The number of rotatable bonds is 23. The molecule has 3 aliphatic carbocycles. The van der Waals surface area contributed by atoms with Gasteiger partial charge in [-0.3, -0.25) is 48.1 Å². The van der Waals surface area contributed by atoms with Crippen molar-refractivity contribution in [2.24, 2.45) is 21.4 Å². The number of terminal acetylenes is 2. The molecule has 38 heteroatoms. The molecule has 2 aromatic heterocycles. The third-order valence-electron chi connectivity index (χ3n) is 23.8. The van der Waals surface area contributed by atoms with Gasteiger partial charge in [0, 0.05) is 81.8 Å². The van der Waals surface area contributed by atoms with E-state index >= 15 is 0 Å². The van der Waals surface area contributed by atoms with Crippen LogP contribution in [0.4, 0.5) is 4.79 Å². The molecule has 0 bridgehead atoms. The molecule has 3 aliphatic heterocycles. The molecule has 8 N–H and O–H groups in total. The summed E-state index contributed by atoms with van der Waals surface area (Å²) >= 11 is 4.74. The first-order valence-electron chi connectivity index (χ1n) is 42.9. The smallest absolute Gasteiger partial charge is 0 e. The minimum absolute atomic E-state index is 0. The summed E-state index contributed by atoms with van der Waals surface area (Å²) in [6.07, 6.45) is 21.8. The number of fused-ring (bicyclic) bond motifs is 3. The van der Waals surface area contributed by atoms with Crippen LogP contribution in [0.25, 0.3) is 10.4 Å². The van der Waals surface area contributed by atoms with Gasteiger partial charge in [0.25, 0.3) is 0 Å². The number of halogens is 4. The zero-order chi connectivity index (χ0) is 92.2. The van der Waals surface area contributed by atoms with Crippen molar-refractivity contribution in [3.8, 4) is 24.7 Å². The molecule has 15 atom stereocenters. The van der Waals surface area contributed by atoms with Gasteiger partial charge < -0.3 is 62.0 Å². The van der Waals surface area contributed by atoms with Crippen molar-refractivity contribution in [2.75, 3.05) is 40.8 Å². The molecule has 5 heterocycles. The van der Waals surface area contributed by atoms with E-state index in [0.29, 0.717) is 27.3 Å².